The third-order valence-electron chi connectivity index (χ3n) is 12.9. The molecule has 0 saturated carbocycles. The summed E-state index contributed by atoms with van der Waals surface area (Å²) in [5.41, 5.74) is 11.6. The molecule has 2 heteroatoms. The molecule has 0 bridgehead atoms. The Bertz CT molecular complexity index is 1400. The zero-order valence-corrected chi connectivity index (χ0v) is 29.7. The van der Waals surface area contributed by atoms with Crippen LogP contribution < -0.4 is 5.32 Å². The first-order valence-corrected chi connectivity index (χ1v) is 19.9. The highest BCUT2D eigenvalue weighted by Gasteiger charge is 2.37. The van der Waals surface area contributed by atoms with Crippen molar-refractivity contribution in [1.29, 1.82) is 0 Å². The second-order valence-corrected chi connectivity index (χ2v) is 15.8. The Labute approximate surface area is 287 Å². The lowest BCUT2D eigenvalue weighted by Gasteiger charge is -2.45. The molecule has 2 nitrogen and oxygen atoms in total. The van der Waals surface area contributed by atoms with Gasteiger partial charge in [-0.25, -0.2) is 0 Å². The fourth-order valence-corrected chi connectivity index (χ4v) is 9.98. The van der Waals surface area contributed by atoms with E-state index in [1.54, 1.807) is 39.0 Å². The van der Waals surface area contributed by atoms with Gasteiger partial charge in [-0.15, -0.1) is 0 Å². The maximum atomic E-state index is 3.67. The maximum absolute atomic E-state index is 3.67. The quantitative estimate of drug-likeness (QED) is 0.180. The van der Waals surface area contributed by atoms with Crippen molar-refractivity contribution in [2.75, 3.05) is 13.1 Å². The number of hydrogen-bond donors (Lipinski definition) is 1. The van der Waals surface area contributed by atoms with E-state index in [9.17, 15) is 0 Å². The van der Waals surface area contributed by atoms with Gasteiger partial charge in [0.1, 0.15) is 0 Å². The first kappa shape index (κ1) is 33.1. The molecule has 5 aliphatic carbocycles. The molecule has 0 aromatic carbocycles. The molecule has 2 aliphatic heterocycles. The Morgan fingerprint density at radius 3 is 2.55 bits per heavy atom. The summed E-state index contributed by atoms with van der Waals surface area (Å²) in [6.45, 7) is 7.19. The number of fused-ring (bicyclic) bond motifs is 2. The van der Waals surface area contributed by atoms with Crippen LogP contribution in [-0.4, -0.2) is 36.1 Å². The minimum atomic E-state index is 0.474. The SMILES string of the molecule is CCCC(CCCC/C1=C2\CCC=C\C2=C(\C)C2=CC=C(C3C=CC(C4CCN4)CC3)CC2N(C2C=CCCC2)C1)C1=CC=CCC1. The van der Waals surface area contributed by atoms with E-state index in [0.717, 1.165) is 24.4 Å². The normalized spacial score (nSPS) is 34.8. The topological polar surface area (TPSA) is 15.3 Å². The fourth-order valence-electron chi connectivity index (χ4n) is 9.98. The molecular formula is C45H62N2. The van der Waals surface area contributed by atoms with Crippen LogP contribution in [0.3, 0.4) is 0 Å². The Kier molecular flexibility index (Phi) is 11.2. The van der Waals surface area contributed by atoms with Crippen molar-refractivity contribution < 1.29 is 0 Å². The summed E-state index contributed by atoms with van der Waals surface area (Å²) in [5.74, 6) is 2.14. The molecule has 6 unspecified atom stereocenters. The van der Waals surface area contributed by atoms with Crippen LogP contribution >= 0.6 is 0 Å². The van der Waals surface area contributed by atoms with Crippen LogP contribution in [0.25, 0.3) is 0 Å². The van der Waals surface area contributed by atoms with E-state index in [4.69, 9.17) is 0 Å². The summed E-state index contributed by atoms with van der Waals surface area (Å²) in [5, 5.41) is 3.67. The maximum Gasteiger partial charge on any atom is 0.0397 e. The van der Waals surface area contributed by atoms with Gasteiger partial charge in [0.25, 0.3) is 0 Å². The second-order valence-electron chi connectivity index (χ2n) is 15.8. The highest BCUT2D eigenvalue weighted by Crippen LogP contribution is 2.44. The summed E-state index contributed by atoms with van der Waals surface area (Å²) < 4.78 is 0. The molecule has 1 fully saturated rings. The van der Waals surface area contributed by atoms with Crippen LogP contribution in [-0.2, 0) is 0 Å². The average Bonchev–Trinajstić information content (AvgIpc) is 3.10. The predicted octanol–water partition coefficient (Wildman–Crippen LogP) is 11.2. The molecule has 47 heavy (non-hydrogen) atoms. The molecule has 7 aliphatic rings. The minimum Gasteiger partial charge on any atom is -0.313 e. The third-order valence-corrected chi connectivity index (χ3v) is 12.9. The Morgan fingerprint density at radius 1 is 0.894 bits per heavy atom. The molecule has 252 valence electrons. The summed E-state index contributed by atoms with van der Waals surface area (Å²) in [7, 11) is 0. The van der Waals surface area contributed by atoms with Crippen molar-refractivity contribution in [3.05, 3.63) is 106 Å². The zero-order valence-electron chi connectivity index (χ0n) is 29.7. The van der Waals surface area contributed by atoms with E-state index < -0.39 is 0 Å². The molecule has 6 atom stereocenters. The van der Waals surface area contributed by atoms with Gasteiger partial charge in [0.05, 0.1) is 0 Å². The van der Waals surface area contributed by atoms with Gasteiger partial charge in [0.2, 0.25) is 0 Å². The van der Waals surface area contributed by atoms with Gasteiger partial charge in [-0.1, -0.05) is 103 Å². The number of rotatable bonds is 11. The smallest absolute Gasteiger partial charge is 0.0397 e. The predicted molar refractivity (Wildman–Crippen MR) is 201 cm³/mol. The van der Waals surface area contributed by atoms with Crippen molar-refractivity contribution in [2.45, 2.75) is 141 Å². The highest BCUT2D eigenvalue weighted by molar-refractivity contribution is 5.57. The van der Waals surface area contributed by atoms with E-state index in [1.807, 2.05) is 0 Å². The van der Waals surface area contributed by atoms with Crippen molar-refractivity contribution in [3.63, 3.8) is 0 Å². The number of hydrogen-bond acceptors (Lipinski definition) is 2. The largest absolute Gasteiger partial charge is 0.313 e. The number of unbranched alkanes of at least 4 members (excludes halogenated alkanes) is 1. The second kappa shape index (κ2) is 15.9. The van der Waals surface area contributed by atoms with Gasteiger partial charge in [-0.3, -0.25) is 4.90 Å². The number of allylic oxidation sites excluding steroid dienone is 12. The highest BCUT2D eigenvalue weighted by atomic mass is 15.2. The Morgan fingerprint density at radius 2 is 1.81 bits per heavy atom. The first-order chi connectivity index (χ1) is 23.2. The van der Waals surface area contributed by atoms with Crippen molar-refractivity contribution in [2.24, 2.45) is 17.8 Å². The average molecular weight is 631 g/mol. The monoisotopic (exact) mass is 630 g/mol. The van der Waals surface area contributed by atoms with Crippen molar-refractivity contribution in [1.82, 2.24) is 10.2 Å². The zero-order chi connectivity index (χ0) is 32.0. The van der Waals surface area contributed by atoms with Gasteiger partial charge < -0.3 is 5.32 Å². The molecule has 0 radical (unpaired) electrons. The van der Waals surface area contributed by atoms with Crippen molar-refractivity contribution in [3.8, 4) is 0 Å². The Hall–Kier alpha value is -2.42. The third kappa shape index (κ3) is 7.60. The van der Waals surface area contributed by atoms with Crippen LogP contribution in [0.1, 0.15) is 123 Å². The molecule has 0 spiro atoms. The van der Waals surface area contributed by atoms with E-state index in [0.29, 0.717) is 18.0 Å². The van der Waals surface area contributed by atoms with Crippen LogP contribution in [0.15, 0.2) is 106 Å². The molecular weight excluding hydrogens is 569 g/mol. The van der Waals surface area contributed by atoms with Gasteiger partial charge in [0.15, 0.2) is 0 Å². The summed E-state index contributed by atoms with van der Waals surface area (Å²) in [4.78, 5) is 2.99. The fraction of sp³-hybridized carbons (Fsp3) is 0.600. The molecule has 0 aromatic heterocycles. The molecule has 0 aromatic rings. The van der Waals surface area contributed by atoms with E-state index in [1.165, 1.54) is 116 Å². The number of nitrogens with zero attached hydrogens (tertiary/aromatic N) is 1. The van der Waals surface area contributed by atoms with E-state index in [-0.39, 0.29) is 0 Å². The summed E-state index contributed by atoms with van der Waals surface area (Å²) >= 11 is 0. The standard InChI is InChI=1S/C45H62N2/c1-3-14-34(35-15-6-4-7-16-35)17-10-11-18-39-32-47(40-19-8-5-9-20-40)45-31-38(36-23-25-37(26-24-36)44-29-30-46-44)27-28-42(45)33(2)41-21-12-13-22-43(39)41/h4,6,8,12,15,19,21,23,25,27-28,34,36-37,40,44-46H,3,5,7,9-11,13-14,16-18,20,22,24,26,29-32H2,1-2H3/b41-33+,43-39-. The van der Waals surface area contributed by atoms with Crippen LogP contribution in [0.2, 0.25) is 0 Å². The molecule has 2 heterocycles. The van der Waals surface area contributed by atoms with Crippen molar-refractivity contribution >= 4 is 0 Å². The van der Waals surface area contributed by atoms with E-state index >= 15 is 0 Å². The van der Waals surface area contributed by atoms with Crippen LogP contribution in [0.4, 0.5) is 0 Å². The van der Waals surface area contributed by atoms with Crippen LogP contribution in [0, 0.1) is 17.8 Å². The van der Waals surface area contributed by atoms with Gasteiger partial charge in [-0.2, -0.15) is 0 Å². The lowest BCUT2D eigenvalue weighted by molar-refractivity contribution is 0.177. The first-order valence-electron chi connectivity index (χ1n) is 19.9. The summed E-state index contributed by atoms with van der Waals surface area (Å²) in [6.07, 6.45) is 49.4. The van der Waals surface area contributed by atoms with Gasteiger partial charge in [0, 0.05) is 24.7 Å². The molecule has 1 N–H and O–H groups in total. The molecule has 7 rings (SSSR count). The lowest BCUT2D eigenvalue weighted by Crippen LogP contribution is -2.48. The van der Waals surface area contributed by atoms with Crippen LogP contribution in [0.5, 0.6) is 0 Å². The van der Waals surface area contributed by atoms with Gasteiger partial charge in [-0.05, 0) is 150 Å². The summed E-state index contributed by atoms with van der Waals surface area (Å²) in [6, 6.07) is 1.76. The number of nitrogens with one attached hydrogen (secondary N) is 1. The molecule has 0 amide bonds. The molecule has 1 saturated heterocycles. The van der Waals surface area contributed by atoms with Gasteiger partial charge >= 0.3 is 0 Å². The Balaban J connectivity index is 1.14. The minimum absolute atomic E-state index is 0.474. The van der Waals surface area contributed by atoms with E-state index in [2.05, 4.69) is 90.9 Å². The lowest BCUT2D eigenvalue weighted by atomic mass is 9.73.